The molecule has 0 saturated heterocycles. The van der Waals surface area contributed by atoms with Crippen LogP contribution in [0.5, 0.6) is 11.5 Å². The van der Waals surface area contributed by atoms with Crippen molar-refractivity contribution in [3.8, 4) is 17.6 Å². The van der Waals surface area contributed by atoms with Gasteiger partial charge in [-0.1, -0.05) is 15.9 Å². The molecule has 1 unspecified atom stereocenters. The average molecular weight is 423 g/mol. The molecule has 1 aliphatic heterocycles. The Bertz CT molecular complexity index is 839. The number of hydrogen-bond donors (Lipinski definition) is 1. The number of allylic oxidation sites excluding steroid dienone is 2. The van der Waals surface area contributed by atoms with Gasteiger partial charge in [0.05, 0.1) is 32.3 Å². The third-order valence-corrected chi connectivity index (χ3v) is 4.60. The Morgan fingerprint density at radius 3 is 2.50 bits per heavy atom. The third-order valence-electron chi connectivity index (χ3n) is 3.91. The first-order valence-corrected chi connectivity index (χ1v) is 8.55. The number of nitriles is 1. The van der Waals surface area contributed by atoms with Crippen LogP contribution >= 0.6 is 15.9 Å². The van der Waals surface area contributed by atoms with Crippen LogP contribution in [-0.4, -0.2) is 26.8 Å². The Hall–Kier alpha value is -2.66. The predicted octanol–water partition coefficient (Wildman–Crippen LogP) is 3.11. The monoisotopic (exact) mass is 422 g/mol. The van der Waals surface area contributed by atoms with Crippen molar-refractivity contribution in [2.24, 2.45) is 5.73 Å². The molecule has 138 valence electrons. The molecule has 0 fully saturated rings. The van der Waals surface area contributed by atoms with Crippen molar-refractivity contribution in [3.63, 3.8) is 0 Å². The van der Waals surface area contributed by atoms with E-state index in [0.717, 1.165) is 0 Å². The molecule has 0 spiro atoms. The van der Waals surface area contributed by atoms with Crippen LogP contribution in [0.2, 0.25) is 0 Å². The highest BCUT2D eigenvalue weighted by Gasteiger charge is 2.37. The van der Waals surface area contributed by atoms with Crippen molar-refractivity contribution in [1.29, 1.82) is 5.26 Å². The van der Waals surface area contributed by atoms with Gasteiger partial charge in [0, 0.05) is 4.47 Å². The molecule has 0 amide bonds. The Morgan fingerprint density at radius 2 is 1.96 bits per heavy atom. The summed E-state index contributed by atoms with van der Waals surface area (Å²) < 4.78 is 21.8. The molecule has 7 nitrogen and oxygen atoms in total. The van der Waals surface area contributed by atoms with Crippen LogP contribution in [0.25, 0.3) is 0 Å². The molecule has 1 aromatic carbocycles. The van der Waals surface area contributed by atoms with E-state index in [1.54, 1.807) is 26.0 Å². The maximum Gasteiger partial charge on any atom is 0.338 e. The van der Waals surface area contributed by atoms with E-state index < -0.39 is 11.9 Å². The van der Waals surface area contributed by atoms with E-state index in [-0.39, 0.29) is 29.4 Å². The normalized spacial score (nSPS) is 16.7. The van der Waals surface area contributed by atoms with Crippen LogP contribution in [0.4, 0.5) is 0 Å². The number of benzene rings is 1. The van der Waals surface area contributed by atoms with Crippen LogP contribution in [-0.2, 0) is 14.3 Å². The van der Waals surface area contributed by atoms with Crippen molar-refractivity contribution >= 4 is 21.9 Å². The molecule has 1 aliphatic rings. The Kier molecular flexibility index (Phi) is 6.16. The summed E-state index contributed by atoms with van der Waals surface area (Å²) in [5.41, 5.74) is 6.83. The van der Waals surface area contributed by atoms with E-state index in [4.69, 9.17) is 24.7 Å². The minimum Gasteiger partial charge on any atom is -0.493 e. The largest absolute Gasteiger partial charge is 0.493 e. The van der Waals surface area contributed by atoms with Crippen molar-refractivity contribution in [2.45, 2.75) is 19.8 Å². The van der Waals surface area contributed by atoms with Crippen LogP contribution in [0.3, 0.4) is 0 Å². The number of nitrogens with zero attached hydrogens (tertiary/aromatic N) is 1. The second-order valence-electron chi connectivity index (χ2n) is 5.34. The zero-order valence-corrected chi connectivity index (χ0v) is 16.5. The number of carbonyl (C=O) groups is 1. The summed E-state index contributed by atoms with van der Waals surface area (Å²) in [6, 6.07) is 5.43. The predicted molar refractivity (Wildman–Crippen MR) is 97.2 cm³/mol. The van der Waals surface area contributed by atoms with Crippen LogP contribution in [0.15, 0.2) is 39.4 Å². The van der Waals surface area contributed by atoms with Crippen molar-refractivity contribution in [3.05, 3.63) is 45.0 Å². The number of esters is 1. The fourth-order valence-electron chi connectivity index (χ4n) is 2.76. The number of methoxy groups -OCH3 is 2. The summed E-state index contributed by atoms with van der Waals surface area (Å²) in [5.74, 6) is -0.145. The molecule has 2 rings (SSSR count). The SMILES string of the molecule is CCOC(=O)C1=C(C)OC(N)=C(C#N)C1c1cc(OC)c(OC)cc1Br. The highest BCUT2D eigenvalue weighted by Crippen LogP contribution is 2.45. The van der Waals surface area contributed by atoms with E-state index in [9.17, 15) is 10.1 Å². The van der Waals surface area contributed by atoms with Gasteiger partial charge in [-0.05, 0) is 31.5 Å². The highest BCUT2D eigenvalue weighted by atomic mass is 79.9. The Labute approximate surface area is 160 Å². The lowest BCUT2D eigenvalue weighted by Crippen LogP contribution is -2.25. The van der Waals surface area contributed by atoms with Gasteiger partial charge in [0.2, 0.25) is 5.88 Å². The van der Waals surface area contributed by atoms with Gasteiger partial charge in [-0.15, -0.1) is 0 Å². The van der Waals surface area contributed by atoms with E-state index in [2.05, 4.69) is 15.9 Å². The molecule has 0 aromatic heterocycles. The third kappa shape index (κ3) is 3.48. The Morgan fingerprint density at radius 1 is 1.35 bits per heavy atom. The molecular weight excluding hydrogens is 404 g/mol. The van der Waals surface area contributed by atoms with Gasteiger partial charge in [0.15, 0.2) is 11.5 Å². The maximum atomic E-state index is 12.5. The molecule has 8 heteroatoms. The quantitative estimate of drug-likeness (QED) is 0.726. The molecule has 0 bridgehead atoms. The lowest BCUT2D eigenvalue weighted by Gasteiger charge is -2.28. The van der Waals surface area contributed by atoms with E-state index in [1.807, 2.05) is 6.07 Å². The number of nitrogens with two attached hydrogens (primary N) is 1. The van der Waals surface area contributed by atoms with Gasteiger partial charge >= 0.3 is 5.97 Å². The molecule has 2 N–H and O–H groups in total. The second-order valence-corrected chi connectivity index (χ2v) is 6.20. The molecule has 26 heavy (non-hydrogen) atoms. The number of ether oxygens (including phenoxy) is 4. The van der Waals surface area contributed by atoms with E-state index >= 15 is 0 Å². The number of hydrogen-bond acceptors (Lipinski definition) is 7. The number of carbonyl (C=O) groups excluding carboxylic acids is 1. The average Bonchev–Trinajstić information content (AvgIpc) is 2.61. The first-order chi connectivity index (χ1) is 12.4. The lowest BCUT2D eigenvalue weighted by atomic mass is 9.83. The van der Waals surface area contributed by atoms with Crippen LogP contribution in [0, 0.1) is 11.3 Å². The van der Waals surface area contributed by atoms with Crippen LogP contribution < -0.4 is 15.2 Å². The minimum absolute atomic E-state index is 0.0512. The zero-order valence-electron chi connectivity index (χ0n) is 14.9. The summed E-state index contributed by atoms with van der Waals surface area (Å²) in [7, 11) is 3.02. The molecule has 0 saturated carbocycles. The van der Waals surface area contributed by atoms with Gasteiger partial charge in [-0.25, -0.2) is 4.79 Å². The van der Waals surface area contributed by atoms with Crippen molar-refractivity contribution < 1.29 is 23.7 Å². The molecule has 0 radical (unpaired) electrons. The molecule has 1 aromatic rings. The summed E-state index contributed by atoms with van der Waals surface area (Å²) >= 11 is 3.48. The summed E-state index contributed by atoms with van der Waals surface area (Å²) in [6.45, 7) is 3.50. The standard InChI is InChI=1S/C18H19BrN2O5/c1-5-25-18(22)15-9(2)26-17(21)11(8-20)16(15)10-6-13(23-3)14(24-4)7-12(10)19/h6-7,16H,5,21H2,1-4H3. The van der Waals surface area contributed by atoms with Gasteiger partial charge in [0.25, 0.3) is 0 Å². The molecule has 0 aliphatic carbocycles. The Balaban J connectivity index is 2.73. The smallest absolute Gasteiger partial charge is 0.338 e. The maximum absolute atomic E-state index is 12.5. The summed E-state index contributed by atoms with van der Waals surface area (Å²) in [6.07, 6.45) is 0. The highest BCUT2D eigenvalue weighted by molar-refractivity contribution is 9.10. The van der Waals surface area contributed by atoms with Gasteiger partial charge in [-0.3, -0.25) is 0 Å². The zero-order chi connectivity index (χ0) is 19.4. The number of rotatable bonds is 5. The lowest BCUT2D eigenvalue weighted by molar-refractivity contribution is -0.139. The second kappa shape index (κ2) is 8.15. The fourth-order valence-corrected chi connectivity index (χ4v) is 3.31. The minimum atomic E-state index is -0.762. The van der Waals surface area contributed by atoms with Crippen molar-refractivity contribution in [1.82, 2.24) is 0 Å². The van der Waals surface area contributed by atoms with E-state index in [0.29, 0.717) is 21.5 Å². The first kappa shape index (κ1) is 19.7. The molecule has 1 atom stereocenters. The number of halogens is 1. The fraction of sp³-hybridized carbons (Fsp3) is 0.333. The van der Waals surface area contributed by atoms with Crippen LogP contribution in [0.1, 0.15) is 25.3 Å². The summed E-state index contributed by atoms with van der Waals surface area (Å²) in [4.78, 5) is 12.5. The van der Waals surface area contributed by atoms with Crippen molar-refractivity contribution in [2.75, 3.05) is 20.8 Å². The van der Waals surface area contributed by atoms with E-state index in [1.165, 1.54) is 14.2 Å². The topological polar surface area (TPSA) is 104 Å². The molecule has 1 heterocycles. The van der Waals surface area contributed by atoms with Gasteiger partial charge in [0.1, 0.15) is 17.4 Å². The summed E-state index contributed by atoms with van der Waals surface area (Å²) in [5, 5.41) is 9.61. The first-order valence-electron chi connectivity index (χ1n) is 7.76. The molecular formula is C18H19BrN2O5. The van der Waals surface area contributed by atoms with Gasteiger partial charge < -0.3 is 24.7 Å². The van der Waals surface area contributed by atoms with Gasteiger partial charge in [-0.2, -0.15) is 5.26 Å².